The monoisotopic (exact) mass is 443 g/mol. The average molecular weight is 443 g/mol. The van der Waals surface area contributed by atoms with Crippen LogP contribution in [0.2, 0.25) is 0 Å². The van der Waals surface area contributed by atoms with Crippen LogP contribution in [0.15, 0.2) is 35.3 Å². The quantitative estimate of drug-likeness (QED) is 0.703. The summed E-state index contributed by atoms with van der Waals surface area (Å²) < 4.78 is 15.5. The van der Waals surface area contributed by atoms with Gasteiger partial charge in [-0.1, -0.05) is 12.1 Å². The number of amides is 2. The number of hydrogen-bond acceptors (Lipinski definition) is 4. The Morgan fingerprint density at radius 2 is 1.94 bits per heavy atom. The summed E-state index contributed by atoms with van der Waals surface area (Å²) in [7, 11) is 0. The number of nitrogens with zero attached hydrogens (tertiary/aromatic N) is 3. The Bertz CT molecular complexity index is 1140. The predicted octanol–water partition coefficient (Wildman–Crippen LogP) is 1.79. The van der Waals surface area contributed by atoms with Crippen LogP contribution in [0.1, 0.15) is 53.6 Å². The standard InChI is InChI=1S/C23H27FN4O4/c1-13(2)28(12-15-4-6-16(24)7-5-15)9-8-14(3)27-18(28)11-26-10-17(22(25)31)20(29)21(30)19(26)23(27)32/h4-7,10,13-14,18H,8-9,11-12H2,1-3H3,(H2-,25,30,31,32)/p+1/t14-,18-,28?/m0/s1. The number of rotatable bonds is 4. The molecule has 2 aromatic rings. The molecule has 1 aromatic carbocycles. The number of fused-ring (bicyclic) bond motifs is 2. The molecule has 2 amide bonds. The van der Waals surface area contributed by atoms with Crippen LogP contribution >= 0.6 is 0 Å². The molecule has 2 aliphatic heterocycles. The van der Waals surface area contributed by atoms with Crippen LogP contribution < -0.4 is 11.2 Å². The average Bonchev–Trinajstić information content (AvgIpc) is 2.73. The van der Waals surface area contributed by atoms with Crippen molar-refractivity contribution in [1.82, 2.24) is 9.47 Å². The molecule has 0 saturated carbocycles. The number of benzene rings is 1. The summed E-state index contributed by atoms with van der Waals surface area (Å²) in [5.74, 6) is -2.45. The maximum Gasteiger partial charge on any atom is 0.279 e. The van der Waals surface area contributed by atoms with Crippen molar-refractivity contribution < 1.29 is 23.6 Å². The molecule has 3 N–H and O–H groups in total. The van der Waals surface area contributed by atoms with Gasteiger partial charge in [0, 0.05) is 24.2 Å². The zero-order chi connectivity index (χ0) is 23.4. The fraction of sp³-hybridized carbons (Fsp3) is 0.435. The highest BCUT2D eigenvalue weighted by atomic mass is 19.1. The molecule has 8 nitrogen and oxygen atoms in total. The van der Waals surface area contributed by atoms with E-state index in [4.69, 9.17) is 5.73 Å². The highest BCUT2D eigenvalue weighted by molar-refractivity contribution is 5.98. The van der Waals surface area contributed by atoms with Crippen molar-refractivity contribution in [3.63, 3.8) is 0 Å². The van der Waals surface area contributed by atoms with Gasteiger partial charge < -0.3 is 15.4 Å². The number of hydrogen-bond donors (Lipinski definition) is 2. The van der Waals surface area contributed by atoms with Crippen molar-refractivity contribution in [1.29, 1.82) is 0 Å². The molecule has 2 aliphatic rings. The Kier molecular flexibility index (Phi) is 5.32. The van der Waals surface area contributed by atoms with Crippen molar-refractivity contribution in [2.45, 2.75) is 58.5 Å². The molecule has 4 rings (SSSR count). The second-order valence-corrected chi connectivity index (χ2v) is 9.12. The molecule has 1 saturated heterocycles. The number of nitrogens with two attached hydrogens (primary N) is 1. The maximum absolute atomic E-state index is 13.6. The highest BCUT2D eigenvalue weighted by Crippen LogP contribution is 2.38. The lowest BCUT2D eigenvalue weighted by molar-refractivity contribution is -0.997. The van der Waals surface area contributed by atoms with Crippen molar-refractivity contribution in [2.75, 3.05) is 6.54 Å². The first-order valence-corrected chi connectivity index (χ1v) is 10.8. The molecule has 9 heteroatoms. The number of halogens is 1. The summed E-state index contributed by atoms with van der Waals surface area (Å²) in [6.45, 7) is 7.82. The van der Waals surface area contributed by atoms with Crippen LogP contribution in [0.3, 0.4) is 0 Å². The number of carbonyl (C=O) groups is 2. The summed E-state index contributed by atoms with van der Waals surface area (Å²) >= 11 is 0. The number of pyridine rings is 1. The molecular weight excluding hydrogens is 415 g/mol. The fourth-order valence-corrected chi connectivity index (χ4v) is 5.23. The number of quaternary nitrogens is 1. The van der Waals surface area contributed by atoms with Crippen molar-refractivity contribution in [2.24, 2.45) is 5.73 Å². The zero-order valence-corrected chi connectivity index (χ0v) is 18.4. The molecule has 3 heterocycles. The van der Waals surface area contributed by atoms with Gasteiger partial charge in [0.15, 0.2) is 17.6 Å². The third-order valence-electron chi connectivity index (χ3n) is 7.09. The van der Waals surface area contributed by atoms with Crippen LogP contribution in [-0.2, 0) is 13.1 Å². The van der Waals surface area contributed by atoms with Crippen molar-refractivity contribution in [3.8, 4) is 5.75 Å². The number of aromatic nitrogens is 1. The van der Waals surface area contributed by atoms with Gasteiger partial charge in [-0.05, 0) is 32.9 Å². The van der Waals surface area contributed by atoms with Gasteiger partial charge >= 0.3 is 0 Å². The lowest BCUT2D eigenvalue weighted by atomic mass is 9.96. The SMILES string of the molecule is CC(C)[N+]1(Cc2ccc(F)cc2)CC[C@H](C)N2C(=O)c3c(O)c(=O)c(C(N)=O)cn3C[C@@H]21. The Morgan fingerprint density at radius 1 is 1.28 bits per heavy atom. The van der Waals surface area contributed by atoms with Gasteiger partial charge in [-0.15, -0.1) is 0 Å². The first-order chi connectivity index (χ1) is 15.1. The second kappa shape index (κ2) is 7.74. The summed E-state index contributed by atoms with van der Waals surface area (Å²) in [6.07, 6.45) is 1.72. The Hall–Kier alpha value is -3.20. The number of primary amides is 1. The normalized spacial score (nSPS) is 24.9. The lowest BCUT2D eigenvalue weighted by Gasteiger charge is -2.58. The predicted molar refractivity (Wildman–Crippen MR) is 115 cm³/mol. The minimum atomic E-state index is -0.955. The van der Waals surface area contributed by atoms with Gasteiger partial charge in [0.2, 0.25) is 5.43 Å². The molecule has 3 atom stereocenters. The van der Waals surface area contributed by atoms with Gasteiger partial charge in [0.05, 0.1) is 19.1 Å². The first kappa shape index (κ1) is 22.0. The lowest BCUT2D eigenvalue weighted by Crippen LogP contribution is -2.73. The molecule has 1 unspecified atom stereocenters. The topological polar surface area (TPSA) is 106 Å². The van der Waals surface area contributed by atoms with E-state index < -0.39 is 23.0 Å². The van der Waals surface area contributed by atoms with Crippen LogP contribution in [-0.4, -0.2) is 55.7 Å². The van der Waals surface area contributed by atoms with E-state index in [0.717, 1.165) is 18.5 Å². The molecular formula is C23H28FN4O4+. The summed E-state index contributed by atoms with van der Waals surface area (Å²) in [6, 6.07) is 6.40. The molecule has 0 radical (unpaired) electrons. The van der Waals surface area contributed by atoms with Crippen LogP contribution in [0.4, 0.5) is 4.39 Å². The van der Waals surface area contributed by atoms with Crippen LogP contribution in [0, 0.1) is 5.82 Å². The van der Waals surface area contributed by atoms with E-state index >= 15 is 0 Å². The summed E-state index contributed by atoms with van der Waals surface area (Å²) in [4.78, 5) is 39.5. The molecule has 0 spiro atoms. The first-order valence-electron chi connectivity index (χ1n) is 10.8. The Balaban J connectivity index is 1.86. The largest absolute Gasteiger partial charge is 0.503 e. The zero-order valence-electron chi connectivity index (χ0n) is 18.4. The molecule has 0 aliphatic carbocycles. The van der Waals surface area contributed by atoms with E-state index in [-0.39, 0.29) is 35.3 Å². The minimum absolute atomic E-state index is 0.0928. The van der Waals surface area contributed by atoms with Gasteiger partial charge in [-0.2, -0.15) is 0 Å². The highest BCUT2D eigenvalue weighted by Gasteiger charge is 2.53. The molecule has 170 valence electrons. The minimum Gasteiger partial charge on any atom is -0.503 e. The van der Waals surface area contributed by atoms with E-state index in [2.05, 4.69) is 13.8 Å². The van der Waals surface area contributed by atoms with E-state index in [0.29, 0.717) is 17.6 Å². The number of carbonyl (C=O) groups excluding carboxylic acids is 2. The third kappa shape index (κ3) is 3.28. The third-order valence-corrected chi connectivity index (χ3v) is 7.09. The number of aromatic hydroxyl groups is 1. The maximum atomic E-state index is 13.6. The van der Waals surface area contributed by atoms with Crippen LogP contribution in [0.25, 0.3) is 0 Å². The van der Waals surface area contributed by atoms with Crippen LogP contribution in [0.5, 0.6) is 5.75 Å². The van der Waals surface area contributed by atoms with Gasteiger partial charge in [0.25, 0.3) is 11.8 Å². The van der Waals surface area contributed by atoms with E-state index in [9.17, 15) is 23.9 Å². The smallest absolute Gasteiger partial charge is 0.279 e. The van der Waals surface area contributed by atoms with Gasteiger partial charge in [0.1, 0.15) is 17.9 Å². The summed E-state index contributed by atoms with van der Waals surface area (Å²) in [5, 5.41) is 10.5. The molecule has 0 bridgehead atoms. The fourth-order valence-electron chi connectivity index (χ4n) is 5.23. The van der Waals surface area contributed by atoms with Gasteiger partial charge in [-0.25, -0.2) is 4.39 Å². The Labute approximate surface area is 185 Å². The van der Waals surface area contributed by atoms with E-state index in [1.54, 1.807) is 17.0 Å². The molecule has 1 fully saturated rings. The van der Waals surface area contributed by atoms with E-state index in [1.807, 2.05) is 6.92 Å². The van der Waals surface area contributed by atoms with E-state index in [1.165, 1.54) is 22.9 Å². The van der Waals surface area contributed by atoms with Gasteiger partial charge in [-0.3, -0.25) is 23.8 Å². The van der Waals surface area contributed by atoms with Crippen molar-refractivity contribution >= 4 is 11.8 Å². The van der Waals surface area contributed by atoms with Crippen molar-refractivity contribution in [3.05, 3.63) is 63.3 Å². The molecule has 32 heavy (non-hydrogen) atoms. The molecule has 1 aromatic heterocycles. The second-order valence-electron chi connectivity index (χ2n) is 9.12. The Morgan fingerprint density at radius 3 is 2.53 bits per heavy atom. The summed E-state index contributed by atoms with van der Waals surface area (Å²) in [5.41, 5.74) is 4.88.